The molecule has 0 bridgehead atoms. The molecule has 1 aliphatic heterocycles. The van der Waals surface area contributed by atoms with E-state index in [9.17, 15) is 13.6 Å². The molecule has 0 aliphatic carbocycles. The number of nitrogens with one attached hydrogen (secondary N) is 2. The quantitative estimate of drug-likeness (QED) is 0.816. The fourth-order valence-corrected chi connectivity index (χ4v) is 2.83. The molecule has 0 atom stereocenters. The molecule has 3 N–H and O–H groups in total. The van der Waals surface area contributed by atoms with Crippen LogP contribution in [0.4, 0.5) is 13.6 Å². The molecule has 1 amide bonds. The third-order valence-corrected chi connectivity index (χ3v) is 4.09. The number of halogens is 2. The lowest BCUT2D eigenvalue weighted by Gasteiger charge is -2.30. The molecule has 3 rings (SSSR count). The first kappa shape index (κ1) is 14.8. The number of amides is 1. The molecule has 118 valence electrons. The Morgan fingerprint density at radius 1 is 1.32 bits per heavy atom. The normalized spacial score (nSPS) is 16.4. The van der Waals surface area contributed by atoms with Crippen molar-refractivity contribution < 1.29 is 18.7 Å². The highest BCUT2D eigenvalue weighted by Gasteiger charge is 2.22. The van der Waals surface area contributed by atoms with E-state index in [0.717, 1.165) is 25.0 Å². The molecule has 1 aliphatic rings. The van der Waals surface area contributed by atoms with Crippen LogP contribution in [-0.4, -0.2) is 40.2 Å². The molecule has 0 unspecified atom stereocenters. The Kier molecular flexibility index (Phi) is 3.98. The Balaban J connectivity index is 1.62. The second-order valence-corrected chi connectivity index (χ2v) is 5.54. The SMILES string of the molecule is O=C(O)N1CCC(NCc2cc3c(F)ccc(F)c3[nH]2)CC1. The van der Waals surface area contributed by atoms with Crippen molar-refractivity contribution in [2.45, 2.75) is 25.4 Å². The van der Waals surface area contributed by atoms with E-state index < -0.39 is 17.7 Å². The number of hydrogen-bond acceptors (Lipinski definition) is 2. The Labute approximate surface area is 125 Å². The van der Waals surface area contributed by atoms with Crippen molar-refractivity contribution in [3.63, 3.8) is 0 Å². The minimum Gasteiger partial charge on any atom is -0.465 e. The van der Waals surface area contributed by atoms with Gasteiger partial charge in [-0.1, -0.05) is 0 Å². The van der Waals surface area contributed by atoms with Crippen molar-refractivity contribution >= 4 is 17.0 Å². The van der Waals surface area contributed by atoms with Gasteiger partial charge in [0, 0.05) is 36.8 Å². The van der Waals surface area contributed by atoms with Crippen LogP contribution in [0, 0.1) is 11.6 Å². The van der Waals surface area contributed by atoms with Gasteiger partial charge in [0.2, 0.25) is 0 Å². The van der Waals surface area contributed by atoms with Crippen LogP contribution >= 0.6 is 0 Å². The molecular weight excluding hydrogens is 292 g/mol. The number of rotatable bonds is 3. The zero-order valence-corrected chi connectivity index (χ0v) is 11.9. The van der Waals surface area contributed by atoms with Gasteiger partial charge in [0.25, 0.3) is 0 Å². The van der Waals surface area contributed by atoms with Crippen molar-refractivity contribution in [3.8, 4) is 0 Å². The van der Waals surface area contributed by atoms with E-state index >= 15 is 0 Å². The number of aromatic nitrogens is 1. The van der Waals surface area contributed by atoms with Crippen LogP contribution < -0.4 is 5.32 Å². The van der Waals surface area contributed by atoms with Crippen LogP contribution in [0.2, 0.25) is 0 Å². The van der Waals surface area contributed by atoms with Crippen LogP contribution in [0.5, 0.6) is 0 Å². The summed E-state index contributed by atoms with van der Waals surface area (Å²) in [5.74, 6) is -0.925. The Bertz CT molecular complexity index is 654. The lowest BCUT2D eigenvalue weighted by atomic mass is 10.1. The molecule has 5 nitrogen and oxygen atoms in total. The second-order valence-electron chi connectivity index (χ2n) is 5.54. The van der Waals surface area contributed by atoms with Gasteiger partial charge in [-0.15, -0.1) is 0 Å². The fraction of sp³-hybridized carbons (Fsp3) is 0.400. The van der Waals surface area contributed by atoms with Gasteiger partial charge in [0.05, 0.1) is 5.52 Å². The van der Waals surface area contributed by atoms with Crippen molar-refractivity contribution in [3.05, 3.63) is 35.5 Å². The fourth-order valence-electron chi connectivity index (χ4n) is 2.83. The summed E-state index contributed by atoms with van der Waals surface area (Å²) in [6.45, 7) is 1.47. The smallest absolute Gasteiger partial charge is 0.407 e. The van der Waals surface area contributed by atoms with Gasteiger partial charge in [-0.25, -0.2) is 13.6 Å². The summed E-state index contributed by atoms with van der Waals surface area (Å²) in [4.78, 5) is 15.1. The second kappa shape index (κ2) is 5.92. The summed E-state index contributed by atoms with van der Waals surface area (Å²) in [5.41, 5.74) is 0.886. The van der Waals surface area contributed by atoms with Crippen LogP contribution in [0.25, 0.3) is 10.9 Å². The average Bonchev–Trinajstić information content (AvgIpc) is 2.95. The monoisotopic (exact) mass is 309 g/mol. The topological polar surface area (TPSA) is 68.4 Å². The van der Waals surface area contributed by atoms with Crippen LogP contribution in [-0.2, 0) is 6.54 Å². The number of H-pyrrole nitrogens is 1. The number of benzene rings is 1. The maximum Gasteiger partial charge on any atom is 0.407 e. The molecule has 7 heteroatoms. The highest BCUT2D eigenvalue weighted by molar-refractivity contribution is 5.81. The number of nitrogens with zero attached hydrogens (tertiary/aromatic N) is 1. The maximum absolute atomic E-state index is 13.6. The van der Waals surface area contributed by atoms with Gasteiger partial charge in [-0.2, -0.15) is 0 Å². The van der Waals surface area contributed by atoms with Gasteiger partial charge < -0.3 is 20.3 Å². The molecule has 1 saturated heterocycles. The number of carboxylic acid groups (broad SMARTS) is 1. The van der Waals surface area contributed by atoms with Crippen LogP contribution in [0.3, 0.4) is 0 Å². The zero-order chi connectivity index (χ0) is 15.7. The predicted molar refractivity (Wildman–Crippen MR) is 77.7 cm³/mol. The van der Waals surface area contributed by atoms with Gasteiger partial charge in [0.15, 0.2) is 0 Å². The van der Waals surface area contributed by atoms with E-state index in [1.807, 2.05) is 0 Å². The van der Waals surface area contributed by atoms with Gasteiger partial charge in [-0.3, -0.25) is 0 Å². The van der Waals surface area contributed by atoms with E-state index in [1.165, 1.54) is 4.90 Å². The standard InChI is InChI=1S/C15H17F2N3O2/c16-12-1-2-13(17)14-11(12)7-10(19-14)8-18-9-3-5-20(6-4-9)15(21)22/h1-2,7,9,18-19H,3-6,8H2,(H,21,22). The molecule has 22 heavy (non-hydrogen) atoms. The molecular formula is C15H17F2N3O2. The van der Waals surface area contributed by atoms with Crippen LogP contribution in [0.15, 0.2) is 18.2 Å². The first-order valence-corrected chi connectivity index (χ1v) is 7.21. The minimum absolute atomic E-state index is 0.178. The molecule has 2 aromatic rings. The highest BCUT2D eigenvalue weighted by Crippen LogP contribution is 2.22. The van der Waals surface area contributed by atoms with E-state index in [2.05, 4.69) is 10.3 Å². The molecule has 1 aromatic heterocycles. The Hall–Kier alpha value is -2.15. The number of aromatic amines is 1. The largest absolute Gasteiger partial charge is 0.465 e. The van der Waals surface area contributed by atoms with Gasteiger partial charge >= 0.3 is 6.09 Å². The molecule has 0 saturated carbocycles. The number of piperidine rings is 1. The summed E-state index contributed by atoms with van der Waals surface area (Å²) in [6.07, 6.45) is 0.574. The lowest BCUT2D eigenvalue weighted by Crippen LogP contribution is -2.44. The van der Waals surface area contributed by atoms with E-state index in [-0.39, 0.29) is 16.9 Å². The number of carbonyl (C=O) groups is 1. The molecule has 1 fully saturated rings. The summed E-state index contributed by atoms with van der Waals surface area (Å²) in [6, 6.07) is 4.03. The minimum atomic E-state index is -0.889. The number of fused-ring (bicyclic) bond motifs is 1. The molecule has 1 aromatic carbocycles. The lowest BCUT2D eigenvalue weighted by molar-refractivity contribution is 0.129. The first-order chi connectivity index (χ1) is 10.5. The third kappa shape index (κ3) is 2.89. The summed E-state index contributed by atoms with van der Waals surface area (Å²) in [5, 5.41) is 12.4. The highest BCUT2D eigenvalue weighted by atomic mass is 19.1. The summed E-state index contributed by atoms with van der Waals surface area (Å²) >= 11 is 0. The molecule has 0 spiro atoms. The number of likely N-dealkylation sites (tertiary alicyclic amines) is 1. The van der Waals surface area contributed by atoms with Crippen molar-refractivity contribution in [1.82, 2.24) is 15.2 Å². The van der Waals surface area contributed by atoms with Crippen molar-refractivity contribution in [1.29, 1.82) is 0 Å². The first-order valence-electron chi connectivity index (χ1n) is 7.21. The van der Waals surface area contributed by atoms with Crippen LogP contribution in [0.1, 0.15) is 18.5 Å². The van der Waals surface area contributed by atoms with Gasteiger partial charge in [0.1, 0.15) is 11.6 Å². The zero-order valence-electron chi connectivity index (χ0n) is 11.9. The summed E-state index contributed by atoms with van der Waals surface area (Å²) in [7, 11) is 0. The molecule has 0 radical (unpaired) electrons. The van der Waals surface area contributed by atoms with Gasteiger partial charge in [-0.05, 0) is 31.0 Å². The third-order valence-electron chi connectivity index (χ3n) is 4.09. The predicted octanol–water partition coefficient (Wildman–Crippen LogP) is 2.68. The number of hydrogen-bond donors (Lipinski definition) is 3. The summed E-state index contributed by atoms with van der Waals surface area (Å²) < 4.78 is 27.2. The molecule has 2 heterocycles. The van der Waals surface area contributed by atoms with E-state index in [1.54, 1.807) is 6.07 Å². The maximum atomic E-state index is 13.6. The average molecular weight is 309 g/mol. The Morgan fingerprint density at radius 3 is 2.64 bits per heavy atom. The van der Waals surface area contributed by atoms with E-state index in [0.29, 0.717) is 25.3 Å². The van der Waals surface area contributed by atoms with E-state index in [4.69, 9.17) is 5.11 Å². The van der Waals surface area contributed by atoms with Crippen molar-refractivity contribution in [2.24, 2.45) is 0 Å². The Morgan fingerprint density at radius 2 is 2.00 bits per heavy atom. The van der Waals surface area contributed by atoms with Crippen molar-refractivity contribution in [2.75, 3.05) is 13.1 Å².